The fourth-order valence-corrected chi connectivity index (χ4v) is 1.50. The molecule has 0 atom stereocenters. The summed E-state index contributed by atoms with van der Waals surface area (Å²) in [6.45, 7) is 3.82. The maximum Gasteiger partial charge on any atom is 0.282 e. The summed E-state index contributed by atoms with van der Waals surface area (Å²) in [5.74, 6) is 0.285. The van der Waals surface area contributed by atoms with E-state index in [-0.39, 0.29) is 29.6 Å². The molecule has 0 saturated heterocycles. The molecule has 0 amide bonds. The van der Waals surface area contributed by atoms with Crippen LogP contribution in [0.2, 0.25) is 0 Å². The number of nitro benzene ring substituents is 1. The summed E-state index contributed by atoms with van der Waals surface area (Å²) in [4.78, 5) is 15.5. The number of nitro groups is 1. The van der Waals surface area contributed by atoms with Crippen molar-refractivity contribution >= 4 is 11.4 Å². The first kappa shape index (κ1) is 14.6. The SMILES string of the molecule is CCC(C)=NOCc1nnc(-c2ccccc2[N+](=O)[O-])o1. The first-order valence-electron chi connectivity index (χ1n) is 6.33. The van der Waals surface area contributed by atoms with Crippen LogP contribution in [0.1, 0.15) is 26.2 Å². The quantitative estimate of drug-likeness (QED) is 0.460. The van der Waals surface area contributed by atoms with Crippen LogP contribution in [-0.4, -0.2) is 20.8 Å². The zero-order valence-electron chi connectivity index (χ0n) is 11.6. The number of benzene rings is 1. The smallest absolute Gasteiger partial charge is 0.282 e. The van der Waals surface area contributed by atoms with Crippen LogP contribution in [0, 0.1) is 10.1 Å². The van der Waals surface area contributed by atoms with Crippen LogP contribution >= 0.6 is 0 Å². The standard InChI is InChI=1S/C13H14N4O4/c1-3-9(2)16-20-8-12-14-15-13(21-12)10-6-4-5-7-11(10)17(18)19/h4-7H,3,8H2,1-2H3. The van der Waals surface area contributed by atoms with E-state index in [1.807, 2.05) is 13.8 Å². The molecule has 2 rings (SSSR count). The predicted molar refractivity (Wildman–Crippen MR) is 74.6 cm³/mol. The average Bonchev–Trinajstić information content (AvgIpc) is 2.95. The van der Waals surface area contributed by atoms with Crippen molar-refractivity contribution in [1.82, 2.24) is 10.2 Å². The Morgan fingerprint density at radius 3 is 2.90 bits per heavy atom. The van der Waals surface area contributed by atoms with Gasteiger partial charge in [-0.25, -0.2) is 0 Å². The van der Waals surface area contributed by atoms with Gasteiger partial charge in [-0.2, -0.15) is 0 Å². The van der Waals surface area contributed by atoms with Crippen molar-refractivity contribution in [2.45, 2.75) is 26.9 Å². The van der Waals surface area contributed by atoms with Gasteiger partial charge in [0.2, 0.25) is 0 Å². The molecule has 0 saturated carbocycles. The third-order valence-corrected chi connectivity index (χ3v) is 2.72. The topological polar surface area (TPSA) is 104 Å². The van der Waals surface area contributed by atoms with E-state index in [9.17, 15) is 10.1 Å². The van der Waals surface area contributed by atoms with E-state index in [0.29, 0.717) is 0 Å². The fraction of sp³-hybridized carbons (Fsp3) is 0.308. The summed E-state index contributed by atoms with van der Waals surface area (Å²) in [6.07, 6.45) is 0.783. The predicted octanol–water partition coefficient (Wildman–Crippen LogP) is 2.95. The molecule has 0 aliphatic heterocycles. The van der Waals surface area contributed by atoms with Crippen molar-refractivity contribution in [3.8, 4) is 11.5 Å². The van der Waals surface area contributed by atoms with Crippen molar-refractivity contribution in [1.29, 1.82) is 0 Å². The first-order valence-corrected chi connectivity index (χ1v) is 6.33. The van der Waals surface area contributed by atoms with E-state index in [0.717, 1.165) is 12.1 Å². The highest BCUT2D eigenvalue weighted by Gasteiger charge is 2.19. The van der Waals surface area contributed by atoms with E-state index in [1.54, 1.807) is 18.2 Å². The normalized spacial score (nSPS) is 11.4. The van der Waals surface area contributed by atoms with Gasteiger partial charge in [0.15, 0.2) is 6.61 Å². The van der Waals surface area contributed by atoms with Crippen LogP contribution in [0.25, 0.3) is 11.5 Å². The molecular weight excluding hydrogens is 276 g/mol. The van der Waals surface area contributed by atoms with Gasteiger partial charge in [-0.15, -0.1) is 10.2 Å². The summed E-state index contributed by atoms with van der Waals surface area (Å²) in [6, 6.07) is 6.17. The average molecular weight is 290 g/mol. The van der Waals surface area contributed by atoms with Gasteiger partial charge in [0.1, 0.15) is 5.56 Å². The maximum atomic E-state index is 11.0. The lowest BCUT2D eigenvalue weighted by molar-refractivity contribution is -0.384. The van der Waals surface area contributed by atoms with Gasteiger partial charge in [-0.05, 0) is 19.4 Å². The number of hydrogen-bond donors (Lipinski definition) is 0. The monoisotopic (exact) mass is 290 g/mol. The van der Waals surface area contributed by atoms with E-state index < -0.39 is 4.92 Å². The molecule has 1 heterocycles. The molecule has 8 heteroatoms. The van der Waals surface area contributed by atoms with Gasteiger partial charge < -0.3 is 9.25 Å². The molecule has 21 heavy (non-hydrogen) atoms. The van der Waals surface area contributed by atoms with Gasteiger partial charge >= 0.3 is 0 Å². The Balaban J connectivity index is 2.15. The Morgan fingerprint density at radius 1 is 1.43 bits per heavy atom. The van der Waals surface area contributed by atoms with Crippen molar-refractivity contribution in [3.63, 3.8) is 0 Å². The second-order valence-electron chi connectivity index (χ2n) is 4.23. The third-order valence-electron chi connectivity index (χ3n) is 2.72. The van der Waals surface area contributed by atoms with Crippen LogP contribution in [-0.2, 0) is 11.4 Å². The Morgan fingerprint density at radius 2 is 2.19 bits per heavy atom. The largest absolute Gasteiger partial charge is 0.417 e. The Kier molecular flexibility index (Phi) is 4.60. The van der Waals surface area contributed by atoms with Crippen LogP contribution in [0.4, 0.5) is 5.69 Å². The Labute approximate surface area is 120 Å². The molecule has 0 radical (unpaired) electrons. The van der Waals surface area contributed by atoms with Gasteiger partial charge in [-0.1, -0.05) is 24.2 Å². The summed E-state index contributed by atoms with van der Waals surface area (Å²) in [7, 11) is 0. The number of oxime groups is 1. The molecule has 0 spiro atoms. The van der Waals surface area contributed by atoms with Crippen LogP contribution in [0.15, 0.2) is 33.8 Å². The van der Waals surface area contributed by atoms with E-state index >= 15 is 0 Å². The fourth-order valence-electron chi connectivity index (χ4n) is 1.50. The molecule has 0 bridgehead atoms. The Bertz CT molecular complexity index is 666. The third kappa shape index (κ3) is 3.62. The summed E-state index contributed by atoms with van der Waals surface area (Å²) in [5.41, 5.74) is 1.02. The van der Waals surface area contributed by atoms with Crippen LogP contribution in [0.3, 0.4) is 0 Å². The summed E-state index contributed by atoms with van der Waals surface area (Å²) in [5, 5.41) is 22.4. The number of para-hydroxylation sites is 1. The lowest BCUT2D eigenvalue weighted by Crippen LogP contribution is -1.92. The lowest BCUT2D eigenvalue weighted by atomic mass is 10.2. The van der Waals surface area contributed by atoms with E-state index in [1.165, 1.54) is 6.07 Å². The minimum absolute atomic E-state index is 0.0188. The second kappa shape index (κ2) is 6.60. The van der Waals surface area contributed by atoms with E-state index in [2.05, 4.69) is 15.4 Å². The highest BCUT2D eigenvalue weighted by molar-refractivity contribution is 5.80. The minimum Gasteiger partial charge on any atom is -0.417 e. The maximum absolute atomic E-state index is 11.0. The highest BCUT2D eigenvalue weighted by atomic mass is 16.6. The lowest BCUT2D eigenvalue weighted by Gasteiger charge is -1.97. The summed E-state index contributed by atoms with van der Waals surface area (Å²) < 4.78 is 5.36. The minimum atomic E-state index is -0.495. The molecule has 0 aliphatic carbocycles. The van der Waals surface area contributed by atoms with Gasteiger partial charge in [-0.3, -0.25) is 10.1 Å². The zero-order chi connectivity index (χ0) is 15.2. The molecule has 0 fully saturated rings. The molecule has 2 aromatic rings. The number of hydrogen-bond acceptors (Lipinski definition) is 7. The molecule has 110 valence electrons. The van der Waals surface area contributed by atoms with Crippen LogP contribution < -0.4 is 0 Å². The summed E-state index contributed by atoms with van der Waals surface area (Å²) >= 11 is 0. The second-order valence-corrected chi connectivity index (χ2v) is 4.23. The highest BCUT2D eigenvalue weighted by Crippen LogP contribution is 2.28. The van der Waals surface area contributed by atoms with Gasteiger partial charge in [0.05, 0.1) is 10.6 Å². The number of rotatable bonds is 6. The Hall–Kier alpha value is -2.77. The van der Waals surface area contributed by atoms with Crippen molar-refractivity contribution in [3.05, 3.63) is 40.3 Å². The molecule has 0 N–H and O–H groups in total. The molecular formula is C13H14N4O4. The molecule has 0 unspecified atom stereocenters. The van der Waals surface area contributed by atoms with Gasteiger partial charge in [0, 0.05) is 6.07 Å². The molecule has 1 aromatic heterocycles. The van der Waals surface area contributed by atoms with Crippen LogP contribution in [0.5, 0.6) is 0 Å². The number of nitrogens with zero attached hydrogens (tertiary/aromatic N) is 4. The molecule has 1 aromatic carbocycles. The first-order chi connectivity index (χ1) is 10.1. The zero-order valence-corrected chi connectivity index (χ0v) is 11.6. The van der Waals surface area contributed by atoms with E-state index in [4.69, 9.17) is 9.25 Å². The van der Waals surface area contributed by atoms with Crippen molar-refractivity contribution in [2.75, 3.05) is 0 Å². The number of aromatic nitrogens is 2. The van der Waals surface area contributed by atoms with Crippen molar-refractivity contribution in [2.24, 2.45) is 5.16 Å². The molecule has 0 aliphatic rings. The molecule has 8 nitrogen and oxygen atoms in total. The van der Waals surface area contributed by atoms with Gasteiger partial charge in [0.25, 0.3) is 17.5 Å². The van der Waals surface area contributed by atoms with Crippen molar-refractivity contribution < 1.29 is 14.2 Å².